The van der Waals surface area contributed by atoms with Gasteiger partial charge in [-0.2, -0.15) is 0 Å². The minimum absolute atomic E-state index is 0. The number of rotatable bonds is 24. The second kappa shape index (κ2) is 40.2. The van der Waals surface area contributed by atoms with Crippen molar-refractivity contribution >= 4 is 95.3 Å². The maximum atomic E-state index is 5.43. The second-order valence-corrected chi connectivity index (χ2v) is 32.2. The van der Waals surface area contributed by atoms with Gasteiger partial charge in [0.1, 0.15) is 133 Å². The smallest absolute Gasteiger partial charge is 0.122 e. The predicted molar refractivity (Wildman–Crippen MR) is 425 cm³/mol. The van der Waals surface area contributed by atoms with E-state index in [1.54, 1.807) is 85.3 Å². The maximum Gasteiger partial charge on any atom is 0.122 e. The van der Waals surface area contributed by atoms with E-state index in [0.29, 0.717) is 0 Å². The van der Waals surface area contributed by atoms with Gasteiger partial charge in [0, 0.05) is 93.2 Å². The molecule has 12 aromatic carbocycles. The molecule has 0 saturated carbocycles. The van der Waals surface area contributed by atoms with E-state index >= 15 is 0 Å². The van der Waals surface area contributed by atoms with Crippen LogP contribution in [-0.4, -0.2) is 85.3 Å². The van der Waals surface area contributed by atoms with Crippen LogP contribution < -0.4 is 120 Å². The van der Waals surface area contributed by atoms with E-state index in [9.17, 15) is 0 Å². The Labute approximate surface area is 614 Å². The van der Waals surface area contributed by atoms with Gasteiger partial charge in [-0.25, -0.2) is 0 Å². The second-order valence-electron chi connectivity index (χ2n) is 22.3. The summed E-state index contributed by atoms with van der Waals surface area (Å²) in [7, 11) is 15.5. The average molecular weight is 1520 g/mol. The summed E-state index contributed by atoms with van der Waals surface area (Å²) < 4.78 is 65.2. The number of hydrogen-bond donors (Lipinski definition) is 0. The van der Waals surface area contributed by atoms with Crippen molar-refractivity contribution in [1.29, 1.82) is 0 Å². The van der Waals surface area contributed by atoms with Gasteiger partial charge >= 0.3 is 0 Å². The fourth-order valence-corrected chi connectivity index (χ4v) is 21.9. The Morgan fingerprint density at radius 2 is 0.218 bits per heavy atom. The molecule has 522 valence electrons. The Kier molecular flexibility index (Phi) is 30.8. The number of methoxy groups -OCH3 is 12. The third kappa shape index (κ3) is 21.3. The van der Waals surface area contributed by atoms with Crippen molar-refractivity contribution in [1.82, 2.24) is 0 Å². The normalized spacial score (nSPS) is 10.5. The molecule has 0 spiro atoms. The Morgan fingerprint density at radius 1 is 0.139 bits per heavy atom. The Hall–Kier alpha value is -9.38. The molecule has 12 aromatic rings. The summed E-state index contributed by atoms with van der Waals surface area (Å²) in [4.78, 5) is 0. The summed E-state index contributed by atoms with van der Waals surface area (Å²) in [6.07, 6.45) is 0. The number of hydrogen-bond acceptors (Lipinski definition) is 12. The molecule has 101 heavy (non-hydrogen) atoms. The number of ether oxygens (including phenoxy) is 12. The van der Waals surface area contributed by atoms with Crippen LogP contribution in [0.5, 0.6) is 69.0 Å². The summed E-state index contributed by atoms with van der Waals surface area (Å²) in [5.74, 6) is 10.4. The molecule has 0 amide bonds. The minimum Gasteiger partial charge on any atom is -0.497 e. The first-order valence-electron chi connectivity index (χ1n) is 32.2. The van der Waals surface area contributed by atoms with E-state index in [0.717, 1.165) is 69.0 Å². The van der Waals surface area contributed by atoms with Crippen LogP contribution in [0.3, 0.4) is 0 Å². The Bertz CT molecular complexity index is 3520. The van der Waals surface area contributed by atoms with Gasteiger partial charge in [-0.3, -0.25) is 0 Å². The van der Waals surface area contributed by atoms with Crippen LogP contribution in [0.25, 0.3) is 0 Å². The van der Waals surface area contributed by atoms with Crippen molar-refractivity contribution in [2.75, 3.05) is 85.3 Å². The molecule has 0 atom stereocenters. The first-order chi connectivity index (χ1) is 49.0. The van der Waals surface area contributed by atoms with Crippen LogP contribution in [-0.2, 0) is 20.4 Å². The topological polar surface area (TPSA) is 111 Å². The SMILES string of the molecule is COc1cccc([PH+](c2cccc(OC)c2)c2cccc(OC)c2)c1.COc1cccc([PH+](c2cccc(OC)c2)c2cccc(OC)c2)c1.COc1cccc([PH+](c2cccc(OC)c2)c2cccc(OC)c2)c1.COc1cccc([PH+](c2cccc(OC)c2)c2cccc(OC)c2)c1.[Pd]. The molecule has 0 unspecified atom stereocenters. The molecule has 0 bridgehead atoms. The summed E-state index contributed by atoms with van der Waals surface area (Å²) in [5, 5.41) is 15.1. The van der Waals surface area contributed by atoms with Gasteiger partial charge in [0.2, 0.25) is 0 Å². The summed E-state index contributed by atoms with van der Waals surface area (Å²) in [6.45, 7) is 0. The predicted octanol–water partition coefficient (Wildman–Crippen LogP) is 12.8. The fourth-order valence-electron chi connectivity index (χ4n) is 11.3. The van der Waals surface area contributed by atoms with Crippen molar-refractivity contribution in [2.24, 2.45) is 0 Å². The Balaban J connectivity index is 0.000000171. The van der Waals surface area contributed by atoms with Gasteiger partial charge in [0.25, 0.3) is 0 Å². The zero-order valence-electron chi connectivity index (χ0n) is 58.9. The summed E-state index contributed by atoms with van der Waals surface area (Å²) in [5.41, 5.74) is 0. The zero-order chi connectivity index (χ0) is 70.6. The van der Waals surface area contributed by atoms with E-state index in [1.807, 2.05) is 146 Å². The van der Waals surface area contributed by atoms with E-state index in [-0.39, 0.29) is 20.4 Å². The molecule has 0 aliphatic rings. The Morgan fingerprint density at radius 3 is 0.287 bits per heavy atom. The van der Waals surface area contributed by atoms with Crippen LogP contribution in [0.2, 0.25) is 0 Å². The van der Waals surface area contributed by atoms with Gasteiger partial charge < -0.3 is 56.8 Å². The van der Waals surface area contributed by atoms with Gasteiger partial charge in [-0.15, -0.1) is 0 Å². The molecular formula is C84H88O12P4Pd+4. The van der Waals surface area contributed by atoms with Crippen molar-refractivity contribution in [3.63, 3.8) is 0 Å². The number of benzene rings is 12. The monoisotopic (exact) mass is 1520 g/mol. The first kappa shape index (κ1) is 77.4. The fraction of sp³-hybridized carbons (Fsp3) is 0.143. The van der Waals surface area contributed by atoms with E-state index in [1.165, 1.54) is 63.7 Å². The van der Waals surface area contributed by atoms with E-state index < -0.39 is 31.7 Å². The summed E-state index contributed by atoms with van der Waals surface area (Å²) >= 11 is 0. The molecule has 0 heterocycles. The van der Waals surface area contributed by atoms with Gasteiger partial charge in [-0.05, 0) is 146 Å². The molecular weight excluding hydrogens is 1430 g/mol. The molecule has 0 N–H and O–H groups in total. The van der Waals surface area contributed by atoms with Crippen molar-refractivity contribution in [3.8, 4) is 69.0 Å². The molecule has 0 aliphatic heterocycles. The third-order valence-electron chi connectivity index (χ3n) is 16.3. The summed E-state index contributed by atoms with van der Waals surface area (Å²) in [6, 6.07) is 99.5. The van der Waals surface area contributed by atoms with Crippen molar-refractivity contribution in [3.05, 3.63) is 291 Å². The minimum atomic E-state index is -1.21. The molecule has 0 aliphatic carbocycles. The van der Waals surface area contributed by atoms with E-state index in [2.05, 4.69) is 146 Å². The first-order valence-corrected chi connectivity index (χ1v) is 38.2. The molecule has 12 rings (SSSR count). The molecule has 17 heteroatoms. The van der Waals surface area contributed by atoms with Gasteiger partial charge in [0.15, 0.2) is 0 Å². The molecule has 0 fully saturated rings. The van der Waals surface area contributed by atoms with Crippen molar-refractivity contribution < 1.29 is 77.3 Å². The molecule has 0 radical (unpaired) electrons. The van der Waals surface area contributed by atoms with Crippen LogP contribution in [0.4, 0.5) is 0 Å². The van der Waals surface area contributed by atoms with Crippen LogP contribution in [0.1, 0.15) is 0 Å². The van der Waals surface area contributed by atoms with Gasteiger partial charge in [0.05, 0.1) is 117 Å². The van der Waals surface area contributed by atoms with Crippen LogP contribution in [0, 0.1) is 0 Å². The average Bonchev–Trinajstić information content (AvgIpc) is 0.826. The van der Waals surface area contributed by atoms with E-state index in [4.69, 9.17) is 56.8 Å². The third-order valence-corrected chi connectivity index (χ3v) is 27.0. The largest absolute Gasteiger partial charge is 0.497 e. The molecule has 0 aromatic heterocycles. The molecule has 0 saturated heterocycles. The quantitative estimate of drug-likeness (QED) is 0.0424. The van der Waals surface area contributed by atoms with Crippen LogP contribution >= 0.6 is 31.7 Å². The van der Waals surface area contributed by atoms with Crippen molar-refractivity contribution in [2.45, 2.75) is 0 Å². The zero-order valence-corrected chi connectivity index (χ0v) is 64.5. The molecule has 12 nitrogen and oxygen atoms in total. The standard InChI is InChI=1S/4C21H21O3P.Pd/c4*1-22-16-7-4-10-19(13-16)25(20-11-5-8-17(14-20)23-2)21-12-6-9-18(15-21)24-3;/h4*4-15H,1-3H3;/p+4. The van der Waals surface area contributed by atoms with Gasteiger partial charge in [-0.1, -0.05) is 72.8 Å². The van der Waals surface area contributed by atoms with Crippen LogP contribution in [0.15, 0.2) is 291 Å². The maximum absolute atomic E-state index is 5.43.